The Morgan fingerprint density at radius 3 is 2.67 bits per heavy atom. The lowest BCUT2D eigenvalue weighted by Crippen LogP contribution is -2.04. The lowest BCUT2D eigenvalue weighted by atomic mass is 10.1. The van der Waals surface area contributed by atoms with Crippen molar-refractivity contribution < 1.29 is 4.79 Å². The molecule has 0 atom stereocenters. The fourth-order valence-electron chi connectivity index (χ4n) is 2.30. The van der Waals surface area contributed by atoms with E-state index in [-0.39, 0.29) is 5.78 Å². The Labute approximate surface area is 128 Å². The van der Waals surface area contributed by atoms with E-state index in [0.717, 1.165) is 26.9 Å². The van der Waals surface area contributed by atoms with Crippen LogP contribution in [0.2, 0.25) is 0 Å². The number of hydrogen-bond acceptors (Lipinski definition) is 3. The molecule has 0 saturated heterocycles. The highest BCUT2D eigenvalue weighted by atomic mass is 32.2. The summed E-state index contributed by atoms with van der Waals surface area (Å²) in [6.07, 6.45) is 1.79. The summed E-state index contributed by atoms with van der Waals surface area (Å²) in [6.45, 7) is 1.97. The summed E-state index contributed by atoms with van der Waals surface area (Å²) in [7, 11) is 0. The zero-order chi connectivity index (χ0) is 14.7. The highest BCUT2D eigenvalue weighted by Crippen LogP contribution is 2.27. The minimum absolute atomic E-state index is 0.166. The van der Waals surface area contributed by atoms with Crippen LogP contribution in [0, 0.1) is 6.92 Å². The van der Waals surface area contributed by atoms with Crippen LogP contribution in [-0.4, -0.2) is 16.5 Å². The van der Waals surface area contributed by atoms with Crippen LogP contribution in [-0.2, 0) is 0 Å². The molecule has 0 fully saturated rings. The molecule has 2 aromatic carbocycles. The molecule has 2 nitrogen and oxygen atoms in total. The van der Waals surface area contributed by atoms with Gasteiger partial charge in [0.05, 0.1) is 11.3 Å². The largest absolute Gasteiger partial charge is 0.293 e. The van der Waals surface area contributed by atoms with Crippen LogP contribution in [0.15, 0.2) is 65.7 Å². The summed E-state index contributed by atoms with van der Waals surface area (Å²) >= 11 is 1.57. The Kier molecular flexibility index (Phi) is 4.02. The topological polar surface area (TPSA) is 30.0 Å². The third-order valence-corrected chi connectivity index (χ3v) is 4.49. The van der Waals surface area contributed by atoms with Gasteiger partial charge < -0.3 is 0 Å². The number of carbonyl (C=O) groups is 1. The molecule has 1 aromatic heterocycles. The van der Waals surface area contributed by atoms with E-state index >= 15 is 0 Å². The Bertz CT molecular complexity index is 793. The highest BCUT2D eigenvalue weighted by Gasteiger charge is 2.10. The maximum Gasteiger partial charge on any atom is 0.173 e. The third kappa shape index (κ3) is 2.98. The van der Waals surface area contributed by atoms with E-state index in [1.165, 1.54) is 0 Å². The average molecular weight is 293 g/mol. The smallest absolute Gasteiger partial charge is 0.173 e. The standard InChI is InChI=1S/C18H15NOS/c1-13-6-2-3-7-14(13)17(20)12-21-18-10-11-19-16-9-5-4-8-15(16)18/h2-11H,12H2,1H3. The number of para-hydroxylation sites is 1. The van der Waals surface area contributed by atoms with Crippen molar-refractivity contribution in [1.82, 2.24) is 4.98 Å². The number of rotatable bonds is 4. The zero-order valence-corrected chi connectivity index (χ0v) is 12.6. The van der Waals surface area contributed by atoms with Gasteiger partial charge in [-0.1, -0.05) is 42.5 Å². The first-order chi connectivity index (χ1) is 10.3. The van der Waals surface area contributed by atoms with Crippen LogP contribution in [0.25, 0.3) is 10.9 Å². The number of aromatic nitrogens is 1. The monoisotopic (exact) mass is 293 g/mol. The summed E-state index contributed by atoms with van der Waals surface area (Å²) in [5.74, 6) is 0.609. The maximum absolute atomic E-state index is 12.3. The van der Waals surface area contributed by atoms with E-state index in [4.69, 9.17) is 0 Å². The minimum Gasteiger partial charge on any atom is -0.293 e. The molecule has 3 heteroatoms. The van der Waals surface area contributed by atoms with Crippen LogP contribution < -0.4 is 0 Å². The lowest BCUT2D eigenvalue weighted by molar-refractivity contribution is 0.102. The average Bonchev–Trinajstić information content (AvgIpc) is 2.53. The fourth-order valence-corrected chi connectivity index (χ4v) is 3.23. The predicted molar refractivity (Wildman–Crippen MR) is 88.0 cm³/mol. The number of fused-ring (bicyclic) bond motifs is 1. The molecule has 0 radical (unpaired) electrons. The number of ketones is 1. The van der Waals surface area contributed by atoms with Gasteiger partial charge in [0.25, 0.3) is 0 Å². The Balaban J connectivity index is 1.81. The van der Waals surface area contributed by atoms with Gasteiger partial charge in [-0.2, -0.15) is 0 Å². The van der Waals surface area contributed by atoms with Crippen LogP contribution in [0.5, 0.6) is 0 Å². The molecule has 3 aromatic rings. The van der Waals surface area contributed by atoms with Crippen LogP contribution in [0.1, 0.15) is 15.9 Å². The molecule has 0 saturated carbocycles. The first kappa shape index (κ1) is 13.8. The van der Waals surface area contributed by atoms with Gasteiger partial charge >= 0.3 is 0 Å². The van der Waals surface area contributed by atoms with E-state index < -0.39 is 0 Å². The van der Waals surface area contributed by atoms with Gasteiger partial charge in [0, 0.05) is 22.0 Å². The first-order valence-corrected chi connectivity index (χ1v) is 7.79. The molecule has 0 aliphatic rings. The van der Waals surface area contributed by atoms with Gasteiger partial charge in [0.1, 0.15) is 0 Å². The van der Waals surface area contributed by atoms with Gasteiger partial charge in [-0.05, 0) is 24.6 Å². The normalized spacial score (nSPS) is 10.7. The summed E-state index contributed by atoms with van der Waals surface area (Å²) in [4.78, 5) is 17.8. The summed E-state index contributed by atoms with van der Waals surface area (Å²) < 4.78 is 0. The quantitative estimate of drug-likeness (QED) is 0.523. The highest BCUT2D eigenvalue weighted by molar-refractivity contribution is 8.00. The number of Topliss-reactive ketones (excluding diaryl/α,β-unsaturated/α-hetero) is 1. The summed E-state index contributed by atoms with van der Waals surface area (Å²) in [5.41, 5.74) is 2.80. The van der Waals surface area contributed by atoms with Gasteiger partial charge in [0.2, 0.25) is 0 Å². The second kappa shape index (κ2) is 6.10. The molecule has 21 heavy (non-hydrogen) atoms. The summed E-state index contributed by atoms with van der Waals surface area (Å²) in [5, 5.41) is 1.10. The number of benzene rings is 2. The maximum atomic E-state index is 12.3. The fraction of sp³-hybridized carbons (Fsp3) is 0.111. The van der Waals surface area contributed by atoms with Crippen molar-refractivity contribution in [1.29, 1.82) is 0 Å². The zero-order valence-electron chi connectivity index (χ0n) is 11.7. The van der Waals surface area contributed by atoms with Crippen molar-refractivity contribution in [3.8, 4) is 0 Å². The van der Waals surface area contributed by atoms with Crippen molar-refractivity contribution in [3.63, 3.8) is 0 Å². The molecule has 0 unspecified atom stereocenters. The van der Waals surface area contributed by atoms with E-state index in [9.17, 15) is 4.79 Å². The summed E-state index contributed by atoms with van der Waals surface area (Å²) in [6, 6.07) is 17.7. The third-order valence-electron chi connectivity index (χ3n) is 3.41. The lowest BCUT2D eigenvalue weighted by Gasteiger charge is -2.07. The Morgan fingerprint density at radius 2 is 1.81 bits per heavy atom. The van der Waals surface area contributed by atoms with E-state index in [2.05, 4.69) is 4.98 Å². The number of aryl methyl sites for hydroxylation is 1. The molecular formula is C18H15NOS. The molecule has 0 spiro atoms. The van der Waals surface area contributed by atoms with Crippen LogP contribution >= 0.6 is 11.8 Å². The number of carbonyl (C=O) groups excluding carboxylic acids is 1. The van der Waals surface area contributed by atoms with Gasteiger partial charge in [0.15, 0.2) is 5.78 Å². The second-order valence-corrected chi connectivity index (χ2v) is 5.87. The van der Waals surface area contributed by atoms with E-state index in [0.29, 0.717) is 5.75 Å². The van der Waals surface area contributed by atoms with Crippen LogP contribution in [0.4, 0.5) is 0 Å². The van der Waals surface area contributed by atoms with Crippen molar-refractivity contribution in [2.24, 2.45) is 0 Å². The van der Waals surface area contributed by atoms with Crippen molar-refractivity contribution >= 4 is 28.4 Å². The SMILES string of the molecule is Cc1ccccc1C(=O)CSc1ccnc2ccccc12. The molecule has 0 aliphatic heterocycles. The number of nitrogens with zero attached hydrogens (tertiary/aromatic N) is 1. The molecule has 1 heterocycles. The second-order valence-electron chi connectivity index (χ2n) is 4.85. The molecular weight excluding hydrogens is 278 g/mol. The van der Waals surface area contributed by atoms with E-state index in [1.807, 2.05) is 61.5 Å². The Morgan fingerprint density at radius 1 is 1.05 bits per heavy atom. The minimum atomic E-state index is 0.166. The molecule has 0 amide bonds. The molecule has 0 aliphatic carbocycles. The predicted octanol–water partition coefficient (Wildman–Crippen LogP) is 4.52. The number of hydrogen-bond donors (Lipinski definition) is 0. The molecule has 104 valence electrons. The van der Waals surface area contributed by atoms with Gasteiger partial charge in [-0.3, -0.25) is 9.78 Å². The number of thioether (sulfide) groups is 1. The number of pyridine rings is 1. The van der Waals surface area contributed by atoms with Crippen molar-refractivity contribution in [2.45, 2.75) is 11.8 Å². The molecule has 3 rings (SSSR count). The Hall–Kier alpha value is -2.13. The van der Waals surface area contributed by atoms with Gasteiger partial charge in [-0.15, -0.1) is 11.8 Å². The van der Waals surface area contributed by atoms with Crippen molar-refractivity contribution in [3.05, 3.63) is 71.9 Å². The van der Waals surface area contributed by atoms with Crippen LogP contribution in [0.3, 0.4) is 0 Å². The molecule has 0 N–H and O–H groups in total. The van der Waals surface area contributed by atoms with Gasteiger partial charge in [-0.25, -0.2) is 0 Å². The first-order valence-electron chi connectivity index (χ1n) is 6.81. The molecule has 0 bridgehead atoms. The van der Waals surface area contributed by atoms with Crippen molar-refractivity contribution in [2.75, 3.05) is 5.75 Å². The van der Waals surface area contributed by atoms with E-state index in [1.54, 1.807) is 18.0 Å².